The molecule has 0 bridgehead atoms. The first-order valence-corrected chi connectivity index (χ1v) is 8.73. The molecule has 0 atom stereocenters. The van der Waals surface area contributed by atoms with Gasteiger partial charge in [-0.2, -0.15) is 18.3 Å². The molecule has 3 rings (SSSR count). The van der Waals surface area contributed by atoms with E-state index in [2.05, 4.69) is 10.00 Å². The second-order valence-electron chi connectivity index (χ2n) is 6.18. The van der Waals surface area contributed by atoms with Crippen LogP contribution >= 0.6 is 11.3 Å². The summed E-state index contributed by atoms with van der Waals surface area (Å²) in [6, 6.07) is 2.68. The Morgan fingerprint density at radius 1 is 1.40 bits per heavy atom. The van der Waals surface area contributed by atoms with Crippen LogP contribution < -0.4 is 0 Å². The van der Waals surface area contributed by atoms with Gasteiger partial charge in [0.25, 0.3) is 0 Å². The smallest absolute Gasteiger partial charge is 0.435 e. The van der Waals surface area contributed by atoms with E-state index in [1.54, 1.807) is 6.07 Å². The van der Waals surface area contributed by atoms with Crippen LogP contribution in [0.25, 0.3) is 0 Å². The topological polar surface area (TPSA) is 58.4 Å². The van der Waals surface area contributed by atoms with Crippen molar-refractivity contribution in [3.05, 3.63) is 39.3 Å². The summed E-state index contributed by atoms with van der Waals surface area (Å²) in [5.41, 5.74) is 0.143. The van der Waals surface area contributed by atoms with E-state index in [0.717, 1.165) is 29.6 Å². The van der Waals surface area contributed by atoms with Crippen LogP contribution in [0.3, 0.4) is 0 Å². The van der Waals surface area contributed by atoms with Gasteiger partial charge >= 0.3 is 12.1 Å². The van der Waals surface area contributed by atoms with Crippen LogP contribution in [0, 0.1) is 6.92 Å². The minimum absolute atomic E-state index is 0.0366. The summed E-state index contributed by atoms with van der Waals surface area (Å²) in [5, 5.41) is 12.7. The van der Waals surface area contributed by atoms with Crippen LogP contribution in [0.2, 0.25) is 0 Å². The molecule has 9 heteroatoms. The molecule has 0 saturated carbocycles. The Balaban J connectivity index is 1.59. The van der Waals surface area contributed by atoms with E-state index >= 15 is 0 Å². The Hall–Kier alpha value is -1.87. The molecule has 0 spiro atoms. The highest BCUT2D eigenvalue weighted by atomic mass is 32.1. The molecule has 25 heavy (non-hydrogen) atoms. The number of halogens is 3. The first-order valence-electron chi connectivity index (χ1n) is 7.91. The highest BCUT2D eigenvalue weighted by molar-refractivity contribution is 7.14. The molecule has 2 aromatic heterocycles. The third-order valence-corrected chi connectivity index (χ3v) is 5.54. The first kappa shape index (κ1) is 17.9. The van der Waals surface area contributed by atoms with E-state index in [9.17, 15) is 18.0 Å². The molecule has 2 aromatic rings. The zero-order valence-electron chi connectivity index (χ0n) is 13.6. The second-order valence-corrected chi connectivity index (χ2v) is 7.44. The Kier molecular flexibility index (Phi) is 4.88. The third-order valence-electron chi connectivity index (χ3n) is 4.46. The molecule has 1 N–H and O–H groups in total. The molecule has 136 valence electrons. The average Bonchev–Trinajstić information content (AvgIpc) is 3.16. The van der Waals surface area contributed by atoms with Gasteiger partial charge in [-0.15, -0.1) is 11.3 Å². The van der Waals surface area contributed by atoms with Crippen LogP contribution in [0.15, 0.2) is 18.3 Å². The number of rotatable bonds is 4. The Labute approximate surface area is 146 Å². The van der Waals surface area contributed by atoms with Crippen LogP contribution in [0.1, 0.15) is 44.7 Å². The van der Waals surface area contributed by atoms with Crippen LogP contribution in [-0.4, -0.2) is 38.8 Å². The van der Waals surface area contributed by atoms with Crippen molar-refractivity contribution >= 4 is 17.3 Å². The van der Waals surface area contributed by atoms with Gasteiger partial charge in [0.15, 0.2) is 5.69 Å². The molecular weight excluding hydrogens is 355 g/mol. The largest absolute Gasteiger partial charge is 0.477 e. The summed E-state index contributed by atoms with van der Waals surface area (Å²) < 4.78 is 39.3. The molecule has 0 radical (unpaired) electrons. The van der Waals surface area contributed by atoms with Gasteiger partial charge in [-0.3, -0.25) is 9.58 Å². The van der Waals surface area contributed by atoms with Crippen molar-refractivity contribution in [2.45, 2.75) is 38.5 Å². The maximum atomic E-state index is 12.6. The van der Waals surface area contributed by atoms with Crippen LogP contribution in [-0.2, 0) is 12.7 Å². The fourth-order valence-electron chi connectivity index (χ4n) is 3.06. The number of thiophene rings is 1. The number of aromatic carboxylic acids is 1. The van der Waals surface area contributed by atoms with E-state index < -0.39 is 17.8 Å². The number of likely N-dealkylation sites (tertiary alicyclic amines) is 1. The van der Waals surface area contributed by atoms with Crippen LogP contribution in [0.4, 0.5) is 13.2 Å². The van der Waals surface area contributed by atoms with Crippen molar-refractivity contribution in [3.8, 4) is 0 Å². The van der Waals surface area contributed by atoms with Crippen molar-refractivity contribution in [1.82, 2.24) is 14.7 Å². The summed E-state index contributed by atoms with van der Waals surface area (Å²) in [6.45, 7) is 4.05. The van der Waals surface area contributed by atoms with Gasteiger partial charge in [0.1, 0.15) is 4.88 Å². The number of piperidine rings is 1. The molecule has 3 heterocycles. The predicted octanol–water partition coefficient (Wildman–Crippen LogP) is 3.81. The molecule has 0 amide bonds. The monoisotopic (exact) mass is 373 g/mol. The van der Waals surface area contributed by atoms with E-state index in [-0.39, 0.29) is 6.04 Å². The molecule has 1 aliphatic heterocycles. The standard InChI is InChI=1S/C16H18F3N3O2S/c1-10-11(8-13(25-10)15(23)24)9-21-5-2-12(3-6-21)22-7-4-14(20-22)16(17,18)19/h4,7-8,12H,2-3,5-6,9H2,1H3,(H,23,24). The molecule has 1 fully saturated rings. The van der Waals surface area contributed by atoms with Gasteiger partial charge in [0, 0.05) is 30.7 Å². The van der Waals surface area contributed by atoms with Gasteiger partial charge < -0.3 is 5.11 Å². The van der Waals surface area contributed by atoms with Crippen molar-refractivity contribution in [2.75, 3.05) is 13.1 Å². The number of hydrogen-bond donors (Lipinski definition) is 1. The highest BCUT2D eigenvalue weighted by Gasteiger charge is 2.34. The third kappa shape index (κ3) is 4.04. The van der Waals surface area contributed by atoms with Gasteiger partial charge in [-0.05, 0) is 37.5 Å². The summed E-state index contributed by atoms with van der Waals surface area (Å²) >= 11 is 1.27. The number of carbonyl (C=O) groups is 1. The summed E-state index contributed by atoms with van der Waals surface area (Å²) in [6.07, 6.45) is -1.59. The minimum Gasteiger partial charge on any atom is -0.477 e. The Bertz CT molecular complexity index is 761. The number of hydrogen-bond acceptors (Lipinski definition) is 4. The fraction of sp³-hybridized carbons (Fsp3) is 0.500. The van der Waals surface area contributed by atoms with E-state index in [0.29, 0.717) is 24.3 Å². The normalized spacial score (nSPS) is 17.1. The van der Waals surface area contributed by atoms with Crippen molar-refractivity contribution in [2.24, 2.45) is 0 Å². The van der Waals surface area contributed by atoms with Crippen LogP contribution in [0.5, 0.6) is 0 Å². The number of carboxylic acid groups (broad SMARTS) is 1. The molecule has 1 aliphatic rings. The average molecular weight is 373 g/mol. The molecule has 0 aromatic carbocycles. The molecule has 0 aliphatic carbocycles. The lowest BCUT2D eigenvalue weighted by atomic mass is 10.0. The number of aromatic nitrogens is 2. The predicted molar refractivity (Wildman–Crippen MR) is 86.8 cm³/mol. The van der Waals surface area contributed by atoms with Gasteiger partial charge in [0.05, 0.1) is 6.04 Å². The zero-order chi connectivity index (χ0) is 18.2. The zero-order valence-corrected chi connectivity index (χ0v) is 14.4. The fourth-order valence-corrected chi connectivity index (χ4v) is 3.93. The SMILES string of the molecule is Cc1sc(C(=O)O)cc1CN1CCC(n2ccc(C(F)(F)F)n2)CC1. The maximum Gasteiger partial charge on any atom is 0.435 e. The quantitative estimate of drug-likeness (QED) is 0.886. The summed E-state index contributed by atoms with van der Waals surface area (Å²) in [7, 11) is 0. The Morgan fingerprint density at radius 3 is 2.60 bits per heavy atom. The van der Waals surface area contributed by atoms with E-state index in [1.807, 2.05) is 6.92 Å². The van der Waals surface area contributed by atoms with E-state index in [1.165, 1.54) is 22.2 Å². The number of carboxylic acids is 1. The van der Waals surface area contributed by atoms with Gasteiger partial charge in [-0.25, -0.2) is 4.79 Å². The molecule has 0 unspecified atom stereocenters. The van der Waals surface area contributed by atoms with Crippen molar-refractivity contribution < 1.29 is 23.1 Å². The van der Waals surface area contributed by atoms with Gasteiger partial charge in [0.2, 0.25) is 0 Å². The lowest BCUT2D eigenvalue weighted by molar-refractivity contribution is -0.141. The molecule has 1 saturated heterocycles. The lowest BCUT2D eigenvalue weighted by Gasteiger charge is -2.32. The number of aryl methyl sites for hydroxylation is 1. The van der Waals surface area contributed by atoms with E-state index in [4.69, 9.17) is 5.11 Å². The van der Waals surface area contributed by atoms with Crippen molar-refractivity contribution in [3.63, 3.8) is 0 Å². The first-order chi connectivity index (χ1) is 11.7. The summed E-state index contributed by atoms with van der Waals surface area (Å²) in [5.74, 6) is -0.919. The summed E-state index contributed by atoms with van der Waals surface area (Å²) in [4.78, 5) is 14.6. The van der Waals surface area contributed by atoms with Gasteiger partial charge in [-0.1, -0.05) is 0 Å². The Morgan fingerprint density at radius 2 is 2.08 bits per heavy atom. The lowest BCUT2D eigenvalue weighted by Crippen LogP contribution is -2.34. The second kappa shape index (κ2) is 6.80. The molecule has 5 nitrogen and oxygen atoms in total. The highest BCUT2D eigenvalue weighted by Crippen LogP contribution is 2.30. The number of nitrogens with zero attached hydrogens (tertiary/aromatic N) is 3. The maximum absolute atomic E-state index is 12.6. The molecular formula is C16H18F3N3O2S. The van der Waals surface area contributed by atoms with Crippen molar-refractivity contribution in [1.29, 1.82) is 0 Å². The number of alkyl halides is 3. The minimum atomic E-state index is -4.41.